The highest BCUT2D eigenvalue weighted by molar-refractivity contribution is 5.71. The molecule has 0 heterocycles. The lowest BCUT2D eigenvalue weighted by atomic mass is 10.0. The lowest BCUT2D eigenvalue weighted by Gasteiger charge is -2.18. The van der Waals surface area contributed by atoms with E-state index in [0.29, 0.717) is 19.3 Å². The Morgan fingerprint density at radius 1 is 0.292 bits per heavy atom. The Balaban J connectivity index is 4.25. The van der Waals surface area contributed by atoms with Crippen molar-refractivity contribution in [1.82, 2.24) is 0 Å². The Bertz CT molecular complexity index is 1010. The van der Waals surface area contributed by atoms with Gasteiger partial charge < -0.3 is 14.2 Å². The van der Waals surface area contributed by atoms with E-state index in [2.05, 4.69) is 32.9 Å². The monoisotopic (exact) mass is 917 g/mol. The van der Waals surface area contributed by atoms with Gasteiger partial charge in [-0.15, -0.1) is 0 Å². The molecule has 0 amide bonds. The molecule has 0 N–H and O–H groups in total. The maximum Gasteiger partial charge on any atom is 0.306 e. The average Bonchev–Trinajstić information content (AvgIpc) is 3.30. The van der Waals surface area contributed by atoms with Gasteiger partial charge in [0.25, 0.3) is 0 Å². The molecule has 1 atom stereocenters. The van der Waals surface area contributed by atoms with Crippen molar-refractivity contribution in [2.75, 3.05) is 13.2 Å². The van der Waals surface area contributed by atoms with Gasteiger partial charge in [-0.3, -0.25) is 14.4 Å². The van der Waals surface area contributed by atoms with Crippen molar-refractivity contribution in [3.63, 3.8) is 0 Å². The first-order valence-electron chi connectivity index (χ1n) is 29.2. The highest BCUT2D eigenvalue weighted by Crippen LogP contribution is 2.17. The summed E-state index contributed by atoms with van der Waals surface area (Å²) in [6.45, 7) is 6.66. The highest BCUT2D eigenvalue weighted by atomic mass is 16.6. The van der Waals surface area contributed by atoms with E-state index >= 15 is 0 Å². The smallest absolute Gasteiger partial charge is 0.306 e. The Kier molecular flexibility index (Phi) is 53.2. The van der Waals surface area contributed by atoms with Crippen molar-refractivity contribution in [2.24, 2.45) is 0 Å². The van der Waals surface area contributed by atoms with Gasteiger partial charge in [-0.2, -0.15) is 0 Å². The minimum absolute atomic E-state index is 0.0666. The molecule has 0 radical (unpaired) electrons. The van der Waals surface area contributed by atoms with Gasteiger partial charge in [0.1, 0.15) is 13.2 Å². The first-order chi connectivity index (χ1) is 32.0. The van der Waals surface area contributed by atoms with Gasteiger partial charge in [0.15, 0.2) is 6.10 Å². The number of allylic oxidation sites excluding steroid dienone is 2. The fourth-order valence-electron chi connectivity index (χ4n) is 8.84. The number of hydrogen-bond donors (Lipinski definition) is 0. The molecule has 384 valence electrons. The summed E-state index contributed by atoms with van der Waals surface area (Å²) < 4.78 is 16.9. The molecule has 0 rings (SSSR count). The van der Waals surface area contributed by atoms with E-state index in [9.17, 15) is 14.4 Å². The normalized spacial score (nSPS) is 12.0. The van der Waals surface area contributed by atoms with E-state index < -0.39 is 6.10 Å². The standard InChI is InChI=1S/C59H112O6/c1-4-7-10-13-16-19-22-24-26-28-29-31-32-34-37-40-43-46-49-52-58(61)64-55-56(54-63-57(60)51-48-45-42-39-36-21-18-15-12-9-6-3)65-59(62)53-50-47-44-41-38-35-33-30-27-25-23-20-17-14-11-8-5-2/h15,18,56H,4-14,16-17,19-55H2,1-3H3/b18-15-. The van der Waals surface area contributed by atoms with Crippen LogP contribution in [0, 0.1) is 0 Å². The minimum Gasteiger partial charge on any atom is -0.462 e. The highest BCUT2D eigenvalue weighted by Gasteiger charge is 2.19. The van der Waals surface area contributed by atoms with Crippen LogP contribution in [0.25, 0.3) is 0 Å². The molecule has 1 unspecified atom stereocenters. The second-order valence-electron chi connectivity index (χ2n) is 19.9. The van der Waals surface area contributed by atoms with E-state index in [0.717, 1.165) is 64.2 Å². The third kappa shape index (κ3) is 53.0. The molecule has 0 aliphatic rings. The lowest BCUT2D eigenvalue weighted by molar-refractivity contribution is -0.167. The van der Waals surface area contributed by atoms with Gasteiger partial charge in [0.05, 0.1) is 0 Å². The zero-order valence-corrected chi connectivity index (χ0v) is 44.0. The molecule has 65 heavy (non-hydrogen) atoms. The van der Waals surface area contributed by atoms with Crippen molar-refractivity contribution in [3.8, 4) is 0 Å². The van der Waals surface area contributed by atoms with Gasteiger partial charge in [-0.1, -0.05) is 283 Å². The summed E-state index contributed by atoms with van der Waals surface area (Å²) in [7, 11) is 0. The van der Waals surface area contributed by atoms with Gasteiger partial charge in [-0.05, 0) is 38.5 Å². The van der Waals surface area contributed by atoms with Crippen LogP contribution < -0.4 is 0 Å². The van der Waals surface area contributed by atoms with E-state index in [1.807, 2.05) is 0 Å². The molecule has 0 aromatic heterocycles. The molecule has 0 aromatic rings. The lowest BCUT2D eigenvalue weighted by Crippen LogP contribution is -2.30. The van der Waals surface area contributed by atoms with E-state index in [-0.39, 0.29) is 31.1 Å². The zero-order valence-electron chi connectivity index (χ0n) is 44.0. The Hall–Kier alpha value is -1.85. The summed E-state index contributed by atoms with van der Waals surface area (Å²) in [5.41, 5.74) is 0. The molecule has 0 aliphatic carbocycles. The van der Waals surface area contributed by atoms with E-state index in [4.69, 9.17) is 14.2 Å². The molecule has 0 aliphatic heterocycles. The summed E-state index contributed by atoms with van der Waals surface area (Å²) in [5.74, 6) is -0.852. The van der Waals surface area contributed by atoms with E-state index in [1.165, 1.54) is 225 Å². The molecule has 0 saturated heterocycles. The molecule has 0 fully saturated rings. The third-order valence-electron chi connectivity index (χ3n) is 13.3. The molecule has 0 bridgehead atoms. The predicted molar refractivity (Wildman–Crippen MR) is 280 cm³/mol. The summed E-state index contributed by atoms with van der Waals surface area (Å²) in [6, 6.07) is 0. The number of carbonyl (C=O) groups excluding carboxylic acids is 3. The van der Waals surface area contributed by atoms with Crippen molar-refractivity contribution < 1.29 is 28.6 Å². The van der Waals surface area contributed by atoms with Crippen LogP contribution in [0.2, 0.25) is 0 Å². The number of hydrogen-bond acceptors (Lipinski definition) is 6. The average molecular weight is 918 g/mol. The molecule has 0 aromatic carbocycles. The number of unbranched alkanes of at least 4 members (excludes halogenated alkanes) is 41. The molecule has 6 heteroatoms. The van der Waals surface area contributed by atoms with Crippen LogP contribution in [0.3, 0.4) is 0 Å². The van der Waals surface area contributed by atoms with Crippen LogP contribution in [0.15, 0.2) is 12.2 Å². The minimum atomic E-state index is -0.767. The van der Waals surface area contributed by atoms with Crippen LogP contribution in [0.1, 0.15) is 329 Å². The summed E-state index contributed by atoms with van der Waals surface area (Å²) in [5, 5.41) is 0. The Morgan fingerprint density at radius 3 is 0.815 bits per heavy atom. The number of ether oxygens (including phenoxy) is 3. The van der Waals surface area contributed by atoms with Crippen LogP contribution >= 0.6 is 0 Å². The largest absolute Gasteiger partial charge is 0.462 e. The maximum atomic E-state index is 12.8. The fourth-order valence-corrected chi connectivity index (χ4v) is 8.84. The summed E-state index contributed by atoms with van der Waals surface area (Å²) in [4.78, 5) is 38.1. The first kappa shape index (κ1) is 63.1. The zero-order chi connectivity index (χ0) is 47.2. The molecular weight excluding hydrogens is 805 g/mol. The number of esters is 3. The van der Waals surface area contributed by atoms with Gasteiger partial charge >= 0.3 is 17.9 Å². The van der Waals surface area contributed by atoms with Crippen LogP contribution in [0.5, 0.6) is 0 Å². The maximum absolute atomic E-state index is 12.8. The van der Waals surface area contributed by atoms with Gasteiger partial charge in [0.2, 0.25) is 0 Å². The van der Waals surface area contributed by atoms with Gasteiger partial charge in [-0.25, -0.2) is 0 Å². The molecule has 0 spiro atoms. The first-order valence-corrected chi connectivity index (χ1v) is 29.2. The quantitative estimate of drug-likeness (QED) is 0.0262. The molecular formula is C59H112O6. The van der Waals surface area contributed by atoms with E-state index in [1.54, 1.807) is 0 Å². The summed E-state index contributed by atoms with van der Waals surface area (Å²) >= 11 is 0. The van der Waals surface area contributed by atoms with Gasteiger partial charge in [0, 0.05) is 19.3 Å². The van der Waals surface area contributed by atoms with Crippen molar-refractivity contribution in [3.05, 3.63) is 12.2 Å². The summed E-state index contributed by atoms with van der Waals surface area (Å²) in [6.07, 6.45) is 62.1. The second kappa shape index (κ2) is 54.8. The van der Waals surface area contributed by atoms with Crippen LogP contribution in [0.4, 0.5) is 0 Å². The van der Waals surface area contributed by atoms with Crippen molar-refractivity contribution in [1.29, 1.82) is 0 Å². The SMILES string of the molecule is CCCC/C=C\CCCCCCCC(=O)OCC(COC(=O)CCCCCCCCCCCCCCCCCCCCC)OC(=O)CCCCCCCCCCCCCCCCCCC. The van der Waals surface area contributed by atoms with Crippen molar-refractivity contribution in [2.45, 2.75) is 335 Å². The molecule has 6 nitrogen and oxygen atoms in total. The van der Waals surface area contributed by atoms with Crippen LogP contribution in [-0.4, -0.2) is 37.2 Å². The topological polar surface area (TPSA) is 78.9 Å². The van der Waals surface area contributed by atoms with Crippen molar-refractivity contribution >= 4 is 17.9 Å². The predicted octanol–water partition coefficient (Wildman–Crippen LogP) is 19.3. The molecule has 0 saturated carbocycles. The third-order valence-corrected chi connectivity index (χ3v) is 13.3. The fraction of sp³-hybridized carbons (Fsp3) is 0.915. The van der Waals surface area contributed by atoms with Crippen LogP contribution in [-0.2, 0) is 28.6 Å². The Morgan fingerprint density at radius 2 is 0.523 bits per heavy atom. The Labute approximate surface area is 405 Å². The second-order valence-corrected chi connectivity index (χ2v) is 19.9. The number of carbonyl (C=O) groups is 3. The number of rotatable bonds is 54.